The van der Waals surface area contributed by atoms with E-state index in [-0.39, 0.29) is 29.9 Å². The number of carbonyl (C=O) groups is 2. The van der Waals surface area contributed by atoms with Crippen molar-refractivity contribution in [1.29, 1.82) is 0 Å². The number of hydrogen-bond acceptors (Lipinski definition) is 6. The van der Waals surface area contributed by atoms with Gasteiger partial charge in [-0.3, -0.25) is 14.8 Å². The molecule has 0 aromatic carbocycles. The van der Waals surface area contributed by atoms with Crippen LogP contribution in [0.25, 0.3) is 0 Å². The van der Waals surface area contributed by atoms with Crippen LogP contribution in [0.3, 0.4) is 0 Å². The molecule has 0 saturated heterocycles. The van der Waals surface area contributed by atoms with Crippen molar-refractivity contribution < 1.29 is 9.59 Å². The zero-order valence-electron chi connectivity index (χ0n) is 22.7. The Kier molecular flexibility index (Phi) is 8.55. The van der Waals surface area contributed by atoms with Crippen LogP contribution in [0.4, 0.5) is 4.79 Å². The predicted octanol–water partition coefficient (Wildman–Crippen LogP) is 2.86. The van der Waals surface area contributed by atoms with Gasteiger partial charge in [-0.1, -0.05) is 0 Å². The summed E-state index contributed by atoms with van der Waals surface area (Å²) in [4.78, 5) is 34.8. The molecule has 9 heteroatoms. The molecule has 2 unspecified atom stereocenters. The van der Waals surface area contributed by atoms with E-state index in [0.717, 1.165) is 90.1 Å². The van der Waals surface area contributed by atoms with Crippen molar-refractivity contribution in [1.82, 2.24) is 26.6 Å². The van der Waals surface area contributed by atoms with Gasteiger partial charge in [0.2, 0.25) is 5.91 Å². The highest BCUT2D eigenvalue weighted by Gasteiger charge is 2.32. The molecule has 2 heterocycles. The van der Waals surface area contributed by atoms with Crippen molar-refractivity contribution in [2.24, 2.45) is 27.7 Å². The lowest BCUT2D eigenvalue weighted by Gasteiger charge is -2.33. The van der Waals surface area contributed by atoms with Gasteiger partial charge in [0.25, 0.3) is 0 Å². The van der Waals surface area contributed by atoms with Crippen molar-refractivity contribution >= 4 is 23.6 Å². The molecule has 5 rings (SSSR count). The molecule has 5 aliphatic rings. The van der Waals surface area contributed by atoms with Crippen molar-refractivity contribution in [3.05, 3.63) is 0 Å². The van der Waals surface area contributed by atoms with Crippen LogP contribution < -0.4 is 26.6 Å². The fraction of sp³-hybridized carbons (Fsp3) is 0.857. The molecular formula is C28H47N7O2. The Labute approximate surface area is 221 Å². The lowest BCUT2D eigenvalue weighted by molar-refractivity contribution is -0.127. The van der Waals surface area contributed by atoms with E-state index in [9.17, 15) is 9.59 Å². The van der Waals surface area contributed by atoms with Gasteiger partial charge in [0.05, 0.1) is 24.8 Å². The first-order valence-corrected chi connectivity index (χ1v) is 14.9. The van der Waals surface area contributed by atoms with Crippen LogP contribution in [0.15, 0.2) is 9.98 Å². The van der Waals surface area contributed by atoms with Gasteiger partial charge in [-0.25, -0.2) is 4.79 Å². The monoisotopic (exact) mass is 513 g/mol. The van der Waals surface area contributed by atoms with Gasteiger partial charge in [-0.05, 0) is 90.9 Å². The SMILES string of the molecule is CC1CN=C(C2CCC(NC(=O)NC3CCC(C(=O)NC4CCC(C5=NCC(C)N5)CC4)CC3)CC2)N1. The van der Waals surface area contributed by atoms with E-state index in [1.165, 1.54) is 11.7 Å². The number of nitrogens with zero attached hydrogens (tertiary/aromatic N) is 2. The van der Waals surface area contributed by atoms with E-state index < -0.39 is 0 Å². The van der Waals surface area contributed by atoms with E-state index in [2.05, 4.69) is 50.4 Å². The van der Waals surface area contributed by atoms with E-state index in [0.29, 0.717) is 30.0 Å². The van der Waals surface area contributed by atoms with Crippen LogP contribution in [-0.2, 0) is 4.79 Å². The number of nitrogens with one attached hydrogen (secondary N) is 5. The molecule has 206 valence electrons. The maximum atomic E-state index is 12.9. The largest absolute Gasteiger partial charge is 0.369 e. The Morgan fingerprint density at radius 1 is 0.622 bits per heavy atom. The first-order valence-electron chi connectivity index (χ1n) is 14.9. The first kappa shape index (κ1) is 26.3. The predicted molar refractivity (Wildman–Crippen MR) is 147 cm³/mol. The number of hydrogen-bond donors (Lipinski definition) is 5. The summed E-state index contributed by atoms with van der Waals surface area (Å²) in [7, 11) is 0. The van der Waals surface area contributed by atoms with Crippen molar-refractivity contribution in [3.8, 4) is 0 Å². The van der Waals surface area contributed by atoms with E-state index in [1.807, 2.05) is 0 Å². The Morgan fingerprint density at radius 3 is 1.43 bits per heavy atom. The summed E-state index contributed by atoms with van der Waals surface area (Å²) in [5.41, 5.74) is 0. The second-order valence-corrected chi connectivity index (χ2v) is 12.3. The maximum absolute atomic E-state index is 12.9. The molecule has 3 fully saturated rings. The number of aliphatic imine (C=N–C) groups is 2. The molecule has 0 aromatic heterocycles. The summed E-state index contributed by atoms with van der Waals surface area (Å²) in [6.45, 7) is 6.12. The zero-order valence-corrected chi connectivity index (χ0v) is 22.7. The second-order valence-electron chi connectivity index (χ2n) is 12.3. The van der Waals surface area contributed by atoms with Gasteiger partial charge in [0.15, 0.2) is 0 Å². The average molecular weight is 514 g/mol. The summed E-state index contributed by atoms with van der Waals surface area (Å²) < 4.78 is 0. The van der Waals surface area contributed by atoms with Crippen molar-refractivity contribution in [2.45, 2.75) is 121 Å². The number of amidine groups is 2. The van der Waals surface area contributed by atoms with Crippen LogP contribution in [0.1, 0.15) is 90.9 Å². The highest BCUT2D eigenvalue weighted by atomic mass is 16.2. The molecule has 37 heavy (non-hydrogen) atoms. The average Bonchev–Trinajstić information content (AvgIpc) is 3.53. The molecule has 0 aromatic rings. The zero-order chi connectivity index (χ0) is 25.8. The van der Waals surface area contributed by atoms with E-state index in [1.54, 1.807) is 0 Å². The van der Waals surface area contributed by atoms with Gasteiger partial charge in [-0.15, -0.1) is 0 Å². The summed E-state index contributed by atoms with van der Waals surface area (Å²) in [5, 5.41) is 16.7. The van der Waals surface area contributed by atoms with Gasteiger partial charge in [0, 0.05) is 48.0 Å². The van der Waals surface area contributed by atoms with Crippen LogP contribution in [0.2, 0.25) is 0 Å². The number of amides is 3. The van der Waals surface area contributed by atoms with Gasteiger partial charge in [0.1, 0.15) is 0 Å². The number of carbonyl (C=O) groups excluding carboxylic acids is 2. The normalized spacial score (nSPS) is 38.0. The molecule has 0 radical (unpaired) electrons. The lowest BCUT2D eigenvalue weighted by atomic mass is 9.83. The second kappa shape index (κ2) is 12.0. The third-order valence-electron chi connectivity index (χ3n) is 9.20. The number of rotatable bonds is 6. The fourth-order valence-corrected chi connectivity index (χ4v) is 6.91. The third-order valence-corrected chi connectivity index (χ3v) is 9.20. The minimum atomic E-state index is -0.0474. The van der Waals surface area contributed by atoms with E-state index >= 15 is 0 Å². The quantitative estimate of drug-likeness (QED) is 0.375. The van der Waals surface area contributed by atoms with Gasteiger partial charge >= 0.3 is 6.03 Å². The van der Waals surface area contributed by atoms with Crippen molar-refractivity contribution in [2.75, 3.05) is 13.1 Å². The standard InChI is InChI=1S/C28H47N7O2/c1-17-15-29-25(31-17)19-3-9-22(10-4-19)33-27(36)21-7-13-24(14-8-21)35-28(37)34-23-11-5-20(6-12-23)26-30-16-18(2)32-26/h17-24H,3-16H2,1-2H3,(H,29,31)(H,30,32)(H,33,36)(H2,34,35,37). The molecule has 0 spiro atoms. The molecule has 5 N–H and O–H groups in total. The van der Waals surface area contributed by atoms with Crippen LogP contribution in [0, 0.1) is 17.8 Å². The van der Waals surface area contributed by atoms with Crippen LogP contribution >= 0.6 is 0 Å². The van der Waals surface area contributed by atoms with Crippen LogP contribution in [0.5, 0.6) is 0 Å². The molecule has 2 atom stereocenters. The molecule has 3 aliphatic carbocycles. The minimum absolute atomic E-state index is 0.0474. The van der Waals surface area contributed by atoms with Crippen molar-refractivity contribution in [3.63, 3.8) is 0 Å². The molecule has 0 bridgehead atoms. The first-order chi connectivity index (χ1) is 17.9. The lowest BCUT2D eigenvalue weighted by Crippen LogP contribution is -2.49. The molecule has 3 saturated carbocycles. The summed E-state index contributed by atoms with van der Waals surface area (Å²) in [6, 6.07) is 1.57. The Morgan fingerprint density at radius 2 is 1.03 bits per heavy atom. The Hall–Kier alpha value is -2.32. The molecule has 2 aliphatic heterocycles. The fourth-order valence-electron chi connectivity index (χ4n) is 6.91. The van der Waals surface area contributed by atoms with Gasteiger partial charge < -0.3 is 26.6 Å². The van der Waals surface area contributed by atoms with Gasteiger partial charge in [-0.2, -0.15) is 0 Å². The number of urea groups is 1. The Bertz CT molecular complexity index is 866. The minimum Gasteiger partial charge on any atom is -0.369 e. The third kappa shape index (κ3) is 6.96. The highest BCUT2D eigenvalue weighted by Crippen LogP contribution is 2.29. The summed E-state index contributed by atoms with van der Waals surface area (Å²) in [5.74, 6) is 3.70. The van der Waals surface area contributed by atoms with E-state index in [4.69, 9.17) is 0 Å². The topological polar surface area (TPSA) is 119 Å². The Balaban J connectivity index is 0.952. The summed E-state index contributed by atoms with van der Waals surface area (Å²) >= 11 is 0. The molecular weight excluding hydrogens is 466 g/mol. The maximum Gasteiger partial charge on any atom is 0.315 e. The van der Waals surface area contributed by atoms with Crippen LogP contribution in [-0.4, -0.2) is 66.9 Å². The highest BCUT2D eigenvalue weighted by molar-refractivity contribution is 5.87. The summed E-state index contributed by atoms with van der Waals surface area (Å²) in [6.07, 6.45) is 11.9. The molecule has 9 nitrogen and oxygen atoms in total. The molecule has 3 amide bonds. The smallest absolute Gasteiger partial charge is 0.315 e.